The molecule has 1 N–H and O–H groups in total. The molecule has 1 aliphatic rings. The molecule has 3 nitrogen and oxygen atoms in total. The van der Waals surface area contributed by atoms with Crippen LogP contribution in [0.25, 0.3) is 0 Å². The summed E-state index contributed by atoms with van der Waals surface area (Å²) in [5.74, 6) is 2.31. The number of nitrogens with zero attached hydrogens (tertiary/aromatic N) is 1. The standard InChI is InChI=1S/C17H28N2O/c1-4-10-18-16(14-8-5-7-13(2)12-14)15-9-6-11-19-17(15)20-3/h6,9,11,13-14,16,18H,4-5,7-8,10,12H2,1-3H3. The van der Waals surface area contributed by atoms with Crippen molar-refractivity contribution < 1.29 is 4.74 Å². The molecular weight excluding hydrogens is 248 g/mol. The van der Waals surface area contributed by atoms with Crippen LogP contribution >= 0.6 is 0 Å². The topological polar surface area (TPSA) is 34.2 Å². The fourth-order valence-electron chi connectivity index (χ4n) is 3.42. The molecule has 1 aromatic heterocycles. The average molecular weight is 276 g/mol. The van der Waals surface area contributed by atoms with E-state index in [0.29, 0.717) is 12.0 Å². The number of hydrogen-bond acceptors (Lipinski definition) is 3. The van der Waals surface area contributed by atoms with Crippen LogP contribution in [0.1, 0.15) is 57.6 Å². The number of nitrogens with one attached hydrogen (secondary N) is 1. The molecule has 3 atom stereocenters. The van der Waals surface area contributed by atoms with Crippen LogP contribution in [0.15, 0.2) is 18.3 Å². The second-order valence-corrected chi connectivity index (χ2v) is 6.07. The van der Waals surface area contributed by atoms with E-state index in [1.165, 1.54) is 31.2 Å². The van der Waals surface area contributed by atoms with Gasteiger partial charge in [-0.15, -0.1) is 0 Å². The third-order valence-electron chi connectivity index (χ3n) is 4.39. The van der Waals surface area contributed by atoms with Crippen molar-refractivity contribution in [3.63, 3.8) is 0 Å². The van der Waals surface area contributed by atoms with Crippen LogP contribution < -0.4 is 10.1 Å². The van der Waals surface area contributed by atoms with Crippen molar-refractivity contribution in [3.8, 4) is 5.88 Å². The molecule has 1 saturated carbocycles. The van der Waals surface area contributed by atoms with Crippen molar-refractivity contribution in [3.05, 3.63) is 23.9 Å². The summed E-state index contributed by atoms with van der Waals surface area (Å²) in [7, 11) is 1.71. The SMILES string of the molecule is CCCNC(c1cccnc1OC)C1CCCC(C)C1. The highest BCUT2D eigenvalue weighted by atomic mass is 16.5. The molecule has 0 aromatic carbocycles. The van der Waals surface area contributed by atoms with Crippen molar-refractivity contribution in [2.45, 2.75) is 52.0 Å². The van der Waals surface area contributed by atoms with Gasteiger partial charge in [-0.05, 0) is 43.7 Å². The van der Waals surface area contributed by atoms with E-state index >= 15 is 0 Å². The summed E-state index contributed by atoms with van der Waals surface area (Å²) < 4.78 is 5.47. The Bertz CT molecular complexity index is 408. The van der Waals surface area contributed by atoms with E-state index in [2.05, 4.69) is 30.2 Å². The number of ether oxygens (including phenoxy) is 1. The van der Waals surface area contributed by atoms with E-state index in [1.54, 1.807) is 7.11 Å². The van der Waals surface area contributed by atoms with E-state index in [9.17, 15) is 0 Å². The molecular formula is C17H28N2O. The maximum atomic E-state index is 5.47. The Hall–Kier alpha value is -1.09. The Morgan fingerprint density at radius 2 is 2.30 bits per heavy atom. The number of aromatic nitrogens is 1. The Morgan fingerprint density at radius 1 is 1.45 bits per heavy atom. The Kier molecular flexibility index (Phi) is 5.84. The second kappa shape index (κ2) is 7.63. The minimum Gasteiger partial charge on any atom is -0.481 e. The zero-order chi connectivity index (χ0) is 14.4. The monoisotopic (exact) mass is 276 g/mol. The fourth-order valence-corrected chi connectivity index (χ4v) is 3.42. The smallest absolute Gasteiger partial charge is 0.217 e. The largest absolute Gasteiger partial charge is 0.481 e. The van der Waals surface area contributed by atoms with E-state index in [4.69, 9.17) is 4.74 Å². The predicted molar refractivity (Wildman–Crippen MR) is 82.9 cm³/mol. The molecule has 1 aromatic rings. The van der Waals surface area contributed by atoms with E-state index in [1.807, 2.05) is 12.3 Å². The molecule has 0 aliphatic heterocycles. The van der Waals surface area contributed by atoms with Crippen LogP contribution in [-0.2, 0) is 0 Å². The van der Waals surface area contributed by atoms with Crippen molar-refractivity contribution in [1.29, 1.82) is 0 Å². The molecule has 0 saturated heterocycles. The van der Waals surface area contributed by atoms with Gasteiger partial charge in [0, 0.05) is 17.8 Å². The molecule has 0 radical (unpaired) electrons. The van der Waals surface area contributed by atoms with Gasteiger partial charge in [-0.2, -0.15) is 0 Å². The second-order valence-electron chi connectivity index (χ2n) is 6.07. The van der Waals surface area contributed by atoms with Crippen molar-refractivity contribution >= 4 is 0 Å². The minimum absolute atomic E-state index is 0.376. The van der Waals surface area contributed by atoms with Gasteiger partial charge in [-0.25, -0.2) is 4.98 Å². The van der Waals surface area contributed by atoms with Crippen LogP contribution in [0.3, 0.4) is 0 Å². The van der Waals surface area contributed by atoms with Gasteiger partial charge in [-0.3, -0.25) is 0 Å². The first-order chi connectivity index (χ1) is 9.76. The highest BCUT2D eigenvalue weighted by Crippen LogP contribution is 2.39. The quantitative estimate of drug-likeness (QED) is 0.854. The molecule has 3 heteroatoms. The number of rotatable bonds is 6. The molecule has 2 rings (SSSR count). The van der Waals surface area contributed by atoms with Crippen molar-refractivity contribution in [2.75, 3.05) is 13.7 Å². The van der Waals surface area contributed by atoms with Gasteiger partial charge in [0.1, 0.15) is 0 Å². The third kappa shape index (κ3) is 3.72. The Balaban J connectivity index is 2.21. The number of pyridine rings is 1. The first-order valence-corrected chi connectivity index (χ1v) is 7.98. The van der Waals surface area contributed by atoms with Gasteiger partial charge in [0.2, 0.25) is 5.88 Å². The zero-order valence-corrected chi connectivity index (χ0v) is 13.1. The van der Waals surface area contributed by atoms with Gasteiger partial charge in [0.15, 0.2) is 0 Å². The average Bonchev–Trinajstić information content (AvgIpc) is 2.48. The molecule has 1 aliphatic carbocycles. The Labute approximate surface area is 123 Å². The van der Waals surface area contributed by atoms with Gasteiger partial charge in [0.25, 0.3) is 0 Å². The van der Waals surface area contributed by atoms with Crippen LogP contribution in [0.4, 0.5) is 0 Å². The Morgan fingerprint density at radius 3 is 3.00 bits per heavy atom. The summed E-state index contributed by atoms with van der Waals surface area (Å²) in [4.78, 5) is 4.38. The lowest BCUT2D eigenvalue weighted by atomic mass is 9.77. The molecule has 20 heavy (non-hydrogen) atoms. The van der Waals surface area contributed by atoms with Crippen LogP contribution in [0.5, 0.6) is 5.88 Å². The summed E-state index contributed by atoms with van der Waals surface area (Å²) in [5.41, 5.74) is 1.22. The molecule has 112 valence electrons. The lowest BCUT2D eigenvalue weighted by Gasteiger charge is -2.34. The summed E-state index contributed by atoms with van der Waals surface area (Å²) in [6, 6.07) is 4.56. The first-order valence-electron chi connectivity index (χ1n) is 7.98. The molecule has 0 bridgehead atoms. The van der Waals surface area contributed by atoms with E-state index in [0.717, 1.165) is 24.8 Å². The zero-order valence-electron chi connectivity index (χ0n) is 13.1. The van der Waals surface area contributed by atoms with Gasteiger partial charge < -0.3 is 10.1 Å². The highest BCUT2D eigenvalue weighted by Gasteiger charge is 2.29. The number of methoxy groups -OCH3 is 1. The lowest BCUT2D eigenvalue weighted by Crippen LogP contribution is -2.32. The summed E-state index contributed by atoms with van der Waals surface area (Å²) in [5, 5.41) is 3.73. The summed E-state index contributed by atoms with van der Waals surface area (Å²) in [6.07, 6.45) is 8.30. The summed E-state index contributed by atoms with van der Waals surface area (Å²) >= 11 is 0. The molecule has 3 unspecified atom stereocenters. The first kappa shape index (κ1) is 15.3. The van der Waals surface area contributed by atoms with Crippen LogP contribution in [0, 0.1) is 11.8 Å². The van der Waals surface area contributed by atoms with Crippen LogP contribution in [-0.4, -0.2) is 18.6 Å². The molecule has 0 spiro atoms. The lowest BCUT2D eigenvalue weighted by molar-refractivity contribution is 0.219. The van der Waals surface area contributed by atoms with Crippen LogP contribution in [0.2, 0.25) is 0 Å². The highest BCUT2D eigenvalue weighted by molar-refractivity contribution is 5.29. The molecule has 0 amide bonds. The molecule has 1 fully saturated rings. The van der Waals surface area contributed by atoms with E-state index in [-0.39, 0.29) is 0 Å². The maximum absolute atomic E-state index is 5.47. The normalized spacial score (nSPS) is 24.4. The van der Waals surface area contributed by atoms with Gasteiger partial charge >= 0.3 is 0 Å². The van der Waals surface area contributed by atoms with Gasteiger partial charge in [0.05, 0.1) is 7.11 Å². The molecule has 1 heterocycles. The van der Waals surface area contributed by atoms with Crippen molar-refractivity contribution in [2.24, 2.45) is 11.8 Å². The minimum atomic E-state index is 0.376. The van der Waals surface area contributed by atoms with E-state index < -0.39 is 0 Å². The fraction of sp³-hybridized carbons (Fsp3) is 0.706. The third-order valence-corrected chi connectivity index (χ3v) is 4.39. The van der Waals surface area contributed by atoms with Gasteiger partial charge in [-0.1, -0.05) is 32.8 Å². The van der Waals surface area contributed by atoms with Crippen molar-refractivity contribution in [1.82, 2.24) is 10.3 Å². The summed E-state index contributed by atoms with van der Waals surface area (Å²) in [6.45, 7) is 5.64. The number of hydrogen-bond donors (Lipinski definition) is 1. The maximum Gasteiger partial charge on any atom is 0.217 e. The predicted octanol–water partition coefficient (Wildman–Crippen LogP) is 3.96.